The van der Waals surface area contributed by atoms with Gasteiger partial charge in [-0.1, -0.05) is 35.9 Å². The van der Waals surface area contributed by atoms with Crippen LogP contribution in [0.5, 0.6) is 0 Å². The Balaban J connectivity index is 1.35. The number of nitrogens with zero attached hydrogens (tertiary/aromatic N) is 6. The summed E-state index contributed by atoms with van der Waals surface area (Å²) < 4.78 is 4.22. The van der Waals surface area contributed by atoms with Gasteiger partial charge in [-0.2, -0.15) is 0 Å². The van der Waals surface area contributed by atoms with Gasteiger partial charge >= 0.3 is 0 Å². The molecule has 0 spiro atoms. The number of nitrogens with one attached hydrogen (secondary N) is 1. The average Bonchev–Trinajstić information content (AvgIpc) is 3.34. The number of aryl methyl sites for hydroxylation is 2. The predicted octanol–water partition coefficient (Wildman–Crippen LogP) is 3.57. The van der Waals surface area contributed by atoms with Crippen molar-refractivity contribution in [2.75, 3.05) is 18.1 Å². The molecule has 1 aliphatic carbocycles. The first-order chi connectivity index (χ1) is 12.2. The molecule has 0 aliphatic heterocycles. The first kappa shape index (κ1) is 16.8. The van der Waals surface area contributed by atoms with E-state index >= 15 is 0 Å². The van der Waals surface area contributed by atoms with Gasteiger partial charge < -0.3 is 9.88 Å². The Kier molecular flexibility index (Phi) is 4.93. The minimum atomic E-state index is 0.593. The molecule has 25 heavy (non-hydrogen) atoms. The van der Waals surface area contributed by atoms with Crippen molar-refractivity contribution in [2.45, 2.75) is 56.6 Å². The summed E-state index contributed by atoms with van der Waals surface area (Å²) in [5.74, 6) is 1.13. The third-order valence-corrected chi connectivity index (χ3v) is 6.15. The zero-order valence-corrected chi connectivity index (χ0v) is 16.2. The highest BCUT2D eigenvalue weighted by atomic mass is 32.2. The summed E-state index contributed by atoms with van der Waals surface area (Å²) >= 11 is 3.29. The van der Waals surface area contributed by atoms with Gasteiger partial charge in [0.15, 0.2) is 5.16 Å². The van der Waals surface area contributed by atoms with Crippen LogP contribution in [-0.4, -0.2) is 42.2 Å². The van der Waals surface area contributed by atoms with Crippen molar-refractivity contribution in [1.29, 1.82) is 0 Å². The molecule has 3 aromatic heterocycles. The van der Waals surface area contributed by atoms with E-state index in [2.05, 4.69) is 36.4 Å². The highest BCUT2D eigenvalue weighted by Crippen LogP contribution is 2.33. The van der Waals surface area contributed by atoms with Crippen molar-refractivity contribution in [3.05, 3.63) is 17.7 Å². The molecule has 4 rings (SSSR count). The molecule has 1 aliphatic rings. The molecule has 1 fully saturated rings. The second-order valence-electron chi connectivity index (χ2n) is 6.46. The topological polar surface area (TPSA) is 72.9 Å². The predicted molar refractivity (Wildman–Crippen MR) is 102 cm³/mol. The summed E-state index contributed by atoms with van der Waals surface area (Å²) in [5.41, 5.74) is 1.00. The maximum Gasteiger partial charge on any atom is 0.214 e. The Hall–Kier alpha value is -1.61. The number of aromatic nitrogens is 6. The van der Waals surface area contributed by atoms with Gasteiger partial charge in [-0.3, -0.25) is 0 Å². The molecule has 0 radical (unpaired) electrons. The molecule has 7 nitrogen and oxygen atoms in total. The highest BCUT2D eigenvalue weighted by Gasteiger charge is 2.23. The standard InChI is InChI=1S/C16H23N7S2/c1-11-10-22-15(18-11)25-14(21-22)17-9-5-8-13-19-20-16(24-2)23(13)12-6-3-4-7-12/h10,12H,3-9H2,1-2H3,(H,17,21). The lowest BCUT2D eigenvalue weighted by molar-refractivity contribution is 0.461. The van der Waals surface area contributed by atoms with Gasteiger partial charge in [0.1, 0.15) is 5.82 Å². The van der Waals surface area contributed by atoms with Crippen LogP contribution in [-0.2, 0) is 6.42 Å². The lowest BCUT2D eigenvalue weighted by atomic mass is 10.2. The second-order valence-corrected chi connectivity index (χ2v) is 8.19. The first-order valence-electron chi connectivity index (χ1n) is 8.79. The van der Waals surface area contributed by atoms with E-state index in [1.54, 1.807) is 23.1 Å². The molecule has 9 heteroatoms. The third-order valence-electron chi connectivity index (χ3n) is 4.62. The number of imidazole rings is 1. The molecule has 3 heterocycles. The quantitative estimate of drug-likeness (QED) is 0.501. The van der Waals surface area contributed by atoms with E-state index in [0.29, 0.717) is 6.04 Å². The van der Waals surface area contributed by atoms with Crippen LogP contribution in [0.25, 0.3) is 4.96 Å². The minimum Gasteiger partial charge on any atom is -0.360 e. The first-order valence-corrected chi connectivity index (χ1v) is 10.8. The SMILES string of the molecule is CSc1nnc(CCCNc2nn3cc(C)nc3s2)n1C1CCCC1. The Labute approximate surface area is 155 Å². The van der Waals surface area contributed by atoms with Crippen molar-refractivity contribution in [3.63, 3.8) is 0 Å². The van der Waals surface area contributed by atoms with Gasteiger partial charge in [-0.05, 0) is 32.4 Å². The number of fused-ring (bicyclic) bond motifs is 1. The van der Waals surface area contributed by atoms with Crippen LogP contribution in [0, 0.1) is 6.92 Å². The van der Waals surface area contributed by atoms with Crippen LogP contribution in [0.15, 0.2) is 11.4 Å². The van der Waals surface area contributed by atoms with E-state index in [4.69, 9.17) is 0 Å². The fourth-order valence-electron chi connectivity index (χ4n) is 3.47. The lowest BCUT2D eigenvalue weighted by Crippen LogP contribution is -2.12. The Morgan fingerprint density at radius 1 is 1.32 bits per heavy atom. The Morgan fingerprint density at radius 2 is 2.16 bits per heavy atom. The summed E-state index contributed by atoms with van der Waals surface area (Å²) in [6.07, 6.45) is 11.2. The summed E-state index contributed by atoms with van der Waals surface area (Å²) in [4.78, 5) is 5.37. The molecule has 0 aromatic carbocycles. The maximum absolute atomic E-state index is 4.50. The molecule has 0 bridgehead atoms. The van der Waals surface area contributed by atoms with Crippen LogP contribution < -0.4 is 5.32 Å². The van der Waals surface area contributed by atoms with Crippen LogP contribution >= 0.6 is 23.1 Å². The summed E-state index contributed by atoms with van der Waals surface area (Å²) in [5, 5.41) is 18.7. The zero-order chi connectivity index (χ0) is 17.2. The van der Waals surface area contributed by atoms with E-state index in [1.807, 2.05) is 17.6 Å². The summed E-state index contributed by atoms with van der Waals surface area (Å²) in [6, 6.07) is 0.593. The van der Waals surface area contributed by atoms with Gasteiger partial charge in [0, 0.05) is 19.0 Å². The van der Waals surface area contributed by atoms with E-state index in [-0.39, 0.29) is 0 Å². The van der Waals surface area contributed by atoms with Crippen molar-refractivity contribution in [3.8, 4) is 0 Å². The highest BCUT2D eigenvalue weighted by molar-refractivity contribution is 7.98. The molecule has 0 atom stereocenters. The van der Waals surface area contributed by atoms with Gasteiger partial charge in [-0.25, -0.2) is 9.50 Å². The van der Waals surface area contributed by atoms with Crippen LogP contribution in [0.2, 0.25) is 0 Å². The number of thioether (sulfide) groups is 1. The van der Waals surface area contributed by atoms with E-state index in [9.17, 15) is 0 Å². The van der Waals surface area contributed by atoms with E-state index in [0.717, 1.165) is 46.2 Å². The third kappa shape index (κ3) is 3.52. The van der Waals surface area contributed by atoms with Gasteiger partial charge in [-0.15, -0.1) is 15.3 Å². The number of hydrogen-bond donors (Lipinski definition) is 1. The van der Waals surface area contributed by atoms with Crippen molar-refractivity contribution in [2.24, 2.45) is 0 Å². The number of hydrogen-bond acceptors (Lipinski definition) is 7. The van der Waals surface area contributed by atoms with Crippen molar-refractivity contribution in [1.82, 2.24) is 29.4 Å². The average molecular weight is 378 g/mol. The van der Waals surface area contributed by atoms with Crippen LogP contribution in [0.4, 0.5) is 5.13 Å². The molecule has 0 unspecified atom stereocenters. The van der Waals surface area contributed by atoms with Crippen LogP contribution in [0.3, 0.4) is 0 Å². The largest absolute Gasteiger partial charge is 0.360 e. The second kappa shape index (κ2) is 7.33. The molecule has 0 saturated heterocycles. The molecule has 0 amide bonds. The molecular formula is C16H23N7S2. The minimum absolute atomic E-state index is 0.593. The molecular weight excluding hydrogens is 354 g/mol. The fraction of sp³-hybridized carbons (Fsp3) is 0.625. The Bertz CT molecular complexity index is 813. The van der Waals surface area contributed by atoms with Gasteiger partial charge in [0.25, 0.3) is 0 Å². The molecule has 134 valence electrons. The molecule has 1 N–H and O–H groups in total. The summed E-state index contributed by atoms with van der Waals surface area (Å²) in [6.45, 7) is 2.86. The number of anilines is 1. The van der Waals surface area contributed by atoms with E-state index < -0.39 is 0 Å². The van der Waals surface area contributed by atoms with Crippen molar-refractivity contribution >= 4 is 33.2 Å². The van der Waals surface area contributed by atoms with E-state index in [1.165, 1.54) is 25.7 Å². The van der Waals surface area contributed by atoms with Gasteiger partial charge in [0.05, 0.1) is 11.9 Å². The monoisotopic (exact) mass is 377 g/mol. The Morgan fingerprint density at radius 3 is 2.92 bits per heavy atom. The van der Waals surface area contributed by atoms with Crippen molar-refractivity contribution < 1.29 is 0 Å². The zero-order valence-electron chi connectivity index (χ0n) is 14.6. The molecule has 3 aromatic rings. The summed E-state index contributed by atoms with van der Waals surface area (Å²) in [7, 11) is 0. The number of rotatable bonds is 7. The fourth-order valence-corrected chi connectivity index (χ4v) is 4.89. The molecule has 1 saturated carbocycles. The lowest BCUT2D eigenvalue weighted by Gasteiger charge is -2.16. The maximum atomic E-state index is 4.50. The van der Waals surface area contributed by atoms with Gasteiger partial charge in [0.2, 0.25) is 10.1 Å². The smallest absolute Gasteiger partial charge is 0.214 e. The van der Waals surface area contributed by atoms with Crippen LogP contribution in [0.1, 0.15) is 49.7 Å². The normalized spacial score (nSPS) is 15.4.